The lowest BCUT2D eigenvalue weighted by atomic mass is 10.1. The Morgan fingerprint density at radius 3 is 2.75 bits per heavy atom. The van der Waals surface area contributed by atoms with Crippen molar-refractivity contribution in [1.82, 2.24) is 20.6 Å². The van der Waals surface area contributed by atoms with Crippen molar-refractivity contribution in [2.45, 2.75) is 25.9 Å². The first-order valence-electron chi connectivity index (χ1n) is 4.69. The molecule has 0 spiro atoms. The van der Waals surface area contributed by atoms with Crippen LogP contribution in [0.4, 0.5) is 4.79 Å². The lowest BCUT2D eigenvalue weighted by molar-refractivity contribution is -0.142. The van der Waals surface area contributed by atoms with Gasteiger partial charge in [-0.1, -0.05) is 0 Å². The van der Waals surface area contributed by atoms with Crippen LogP contribution < -0.4 is 10.6 Å². The van der Waals surface area contributed by atoms with E-state index in [4.69, 9.17) is 5.11 Å². The van der Waals surface area contributed by atoms with Gasteiger partial charge in [0.1, 0.15) is 11.4 Å². The van der Waals surface area contributed by atoms with Gasteiger partial charge < -0.3 is 20.7 Å². The number of H-pyrrole nitrogens is 1. The number of carbonyl (C=O) groups is 2. The molecule has 7 heteroatoms. The average Bonchev–Trinajstić information content (AvgIpc) is 2.66. The van der Waals surface area contributed by atoms with Gasteiger partial charge in [-0.2, -0.15) is 0 Å². The van der Waals surface area contributed by atoms with Crippen LogP contribution in [-0.4, -0.2) is 32.6 Å². The van der Waals surface area contributed by atoms with Gasteiger partial charge in [-0.3, -0.25) is 0 Å². The van der Waals surface area contributed by atoms with Crippen LogP contribution in [0.15, 0.2) is 12.4 Å². The van der Waals surface area contributed by atoms with E-state index in [2.05, 4.69) is 20.6 Å². The second-order valence-electron chi connectivity index (χ2n) is 3.77. The molecule has 0 bridgehead atoms. The van der Waals surface area contributed by atoms with E-state index < -0.39 is 17.5 Å². The summed E-state index contributed by atoms with van der Waals surface area (Å²) in [6, 6.07) is -0.552. The highest BCUT2D eigenvalue weighted by molar-refractivity contribution is 5.85. The fraction of sp³-hybridized carbons (Fsp3) is 0.444. The number of carboxylic acid groups (broad SMARTS) is 1. The Morgan fingerprint density at radius 2 is 2.25 bits per heavy atom. The number of nitrogens with zero attached hydrogens (tertiary/aromatic N) is 1. The Labute approximate surface area is 92.3 Å². The van der Waals surface area contributed by atoms with Gasteiger partial charge in [0.15, 0.2) is 0 Å². The molecule has 2 amide bonds. The number of hydrogen-bond acceptors (Lipinski definition) is 3. The molecule has 0 atom stereocenters. The molecular formula is C9H14N4O3. The second kappa shape index (κ2) is 4.65. The van der Waals surface area contributed by atoms with Crippen molar-refractivity contribution in [2.75, 3.05) is 0 Å². The first-order chi connectivity index (χ1) is 7.42. The van der Waals surface area contributed by atoms with Crippen LogP contribution in [0.25, 0.3) is 0 Å². The summed E-state index contributed by atoms with van der Waals surface area (Å²) in [5.41, 5.74) is -1.30. The number of amides is 2. The fourth-order valence-electron chi connectivity index (χ4n) is 0.940. The summed E-state index contributed by atoms with van der Waals surface area (Å²) < 4.78 is 0. The van der Waals surface area contributed by atoms with Crippen molar-refractivity contribution >= 4 is 12.0 Å². The number of aromatic nitrogens is 2. The smallest absolute Gasteiger partial charge is 0.328 e. The summed E-state index contributed by atoms with van der Waals surface area (Å²) in [5.74, 6) is -0.496. The van der Waals surface area contributed by atoms with Gasteiger partial charge in [-0.25, -0.2) is 14.6 Å². The number of carbonyl (C=O) groups excluding carboxylic acids is 1. The first-order valence-corrected chi connectivity index (χ1v) is 4.69. The maximum atomic E-state index is 11.3. The minimum atomic E-state index is -1.30. The van der Waals surface area contributed by atoms with Gasteiger partial charge in [0.25, 0.3) is 0 Å². The molecule has 1 aromatic rings. The van der Waals surface area contributed by atoms with Crippen LogP contribution in [-0.2, 0) is 11.3 Å². The largest absolute Gasteiger partial charge is 0.480 e. The molecule has 1 aromatic heterocycles. The standard InChI is InChI=1S/C9H14N4O3/c1-9(2,7(14)15)13-8(16)12-5-6-10-3-4-11-6/h3-4H,5H2,1-2H3,(H,10,11)(H,14,15)(H2,12,13,16). The Kier molecular flexibility index (Phi) is 3.49. The van der Waals surface area contributed by atoms with E-state index in [9.17, 15) is 9.59 Å². The zero-order chi connectivity index (χ0) is 12.2. The molecule has 0 fully saturated rings. The maximum Gasteiger partial charge on any atom is 0.328 e. The van der Waals surface area contributed by atoms with Crippen LogP contribution in [0.1, 0.15) is 19.7 Å². The van der Waals surface area contributed by atoms with E-state index in [1.165, 1.54) is 13.8 Å². The van der Waals surface area contributed by atoms with Crippen LogP contribution >= 0.6 is 0 Å². The number of carboxylic acids is 1. The molecule has 0 unspecified atom stereocenters. The fourth-order valence-corrected chi connectivity index (χ4v) is 0.940. The molecule has 1 heterocycles. The quantitative estimate of drug-likeness (QED) is 0.582. The summed E-state index contributed by atoms with van der Waals surface area (Å²) in [6.45, 7) is 3.03. The third-order valence-corrected chi connectivity index (χ3v) is 1.93. The van der Waals surface area contributed by atoms with E-state index in [0.717, 1.165) is 0 Å². The van der Waals surface area contributed by atoms with Crippen molar-refractivity contribution in [1.29, 1.82) is 0 Å². The number of urea groups is 1. The lowest BCUT2D eigenvalue weighted by Gasteiger charge is -2.20. The van der Waals surface area contributed by atoms with E-state index in [-0.39, 0.29) is 6.54 Å². The van der Waals surface area contributed by atoms with Crippen molar-refractivity contribution in [3.63, 3.8) is 0 Å². The molecule has 0 aliphatic carbocycles. The van der Waals surface area contributed by atoms with Gasteiger partial charge >= 0.3 is 12.0 Å². The normalized spacial score (nSPS) is 10.9. The summed E-state index contributed by atoms with van der Waals surface area (Å²) >= 11 is 0. The predicted molar refractivity (Wildman–Crippen MR) is 55.7 cm³/mol. The number of imidazole rings is 1. The molecule has 0 aliphatic rings. The Bertz CT molecular complexity index is 372. The third-order valence-electron chi connectivity index (χ3n) is 1.93. The van der Waals surface area contributed by atoms with Crippen LogP contribution in [0, 0.1) is 0 Å². The van der Waals surface area contributed by atoms with Gasteiger partial charge in [-0.05, 0) is 13.8 Å². The molecule has 0 saturated carbocycles. The summed E-state index contributed by atoms with van der Waals surface area (Å²) in [4.78, 5) is 28.8. The monoisotopic (exact) mass is 226 g/mol. The van der Waals surface area contributed by atoms with Crippen molar-refractivity contribution in [3.8, 4) is 0 Å². The van der Waals surface area contributed by atoms with Crippen LogP contribution in [0.2, 0.25) is 0 Å². The number of hydrogen-bond donors (Lipinski definition) is 4. The van der Waals surface area contributed by atoms with Gasteiger partial charge in [-0.15, -0.1) is 0 Å². The van der Waals surface area contributed by atoms with Gasteiger partial charge in [0, 0.05) is 12.4 Å². The molecule has 4 N–H and O–H groups in total. The molecule has 1 rings (SSSR count). The molecule has 88 valence electrons. The first kappa shape index (κ1) is 12.0. The topological polar surface area (TPSA) is 107 Å². The number of nitrogens with one attached hydrogen (secondary N) is 3. The zero-order valence-electron chi connectivity index (χ0n) is 9.07. The average molecular weight is 226 g/mol. The molecule has 0 aliphatic heterocycles. The molecule has 7 nitrogen and oxygen atoms in total. The molecule has 0 saturated heterocycles. The number of aromatic amines is 1. The maximum absolute atomic E-state index is 11.3. The number of rotatable bonds is 4. The van der Waals surface area contributed by atoms with E-state index in [1.54, 1.807) is 12.4 Å². The summed E-state index contributed by atoms with van der Waals surface area (Å²) in [6.07, 6.45) is 3.20. The summed E-state index contributed by atoms with van der Waals surface area (Å²) in [7, 11) is 0. The molecular weight excluding hydrogens is 212 g/mol. The highest BCUT2D eigenvalue weighted by Crippen LogP contribution is 2.01. The molecule has 0 aromatic carbocycles. The van der Waals surface area contributed by atoms with Crippen LogP contribution in [0.5, 0.6) is 0 Å². The minimum absolute atomic E-state index is 0.217. The van der Waals surface area contributed by atoms with E-state index in [0.29, 0.717) is 5.82 Å². The van der Waals surface area contributed by atoms with Crippen molar-refractivity contribution in [2.24, 2.45) is 0 Å². The van der Waals surface area contributed by atoms with Gasteiger partial charge in [0.05, 0.1) is 6.54 Å². The van der Waals surface area contributed by atoms with Gasteiger partial charge in [0.2, 0.25) is 0 Å². The SMILES string of the molecule is CC(C)(NC(=O)NCc1ncc[nH]1)C(=O)O. The molecule has 16 heavy (non-hydrogen) atoms. The lowest BCUT2D eigenvalue weighted by Crippen LogP contribution is -2.53. The second-order valence-corrected chi connectivity index (χ2v) is 3.77. The van der Waals surface area contributed by atoms with Crippen molar-refractivity contribution in [3.05, 3.63) is 18.2 Å². The van der Waals surface area contributed by atoms with E-state index in [1.807, 2.05) is 0 Å². The predicted octanol–water partition coefficient (Wildman–Crippen LogP) is 0.0721. The van der Waals surface area contributed by atoms with E-state index >= 15 is 0 Å². The zero-order valence-corrected chi connectivity index (χ0v) is 9.07. The van der Waals surface area contributed by atoms with Crippen molar-refractivity contribution < 1.29 is 14.7 Å². The highest BCUT2D eigenvalue weighted by Gasteiger charge is 2.28. The minimum Gasteiger partial charge on any atom is -0.480 e. The molecule has 0 radical (unpaired) electrons. The van der Waals surface area contributed by atoms with Crippen LogP contribution in [0.3, 0.4) is 0 Å². The number of aliphatic carboxylic acids is 1. The Morgan fingerprint density at radius 1 is 1.56 bits per heavy atom. The Hall–Kier alpha value is -2.05. The third kappa shape index (κ3) is 3.26. The Balaban J connectivity index is 2.39. The summed E-state index contributed by atoms with van der Waals surface area (Å²) in [5, 5.41) is 13.6. The highest BCUT2D eigenvalue weighted by atomic mass is 16.4.